The van der Waals surface area contributed by atoms with Crippen LogP contribution in [0.25, 0.3) is 10.8 Å². The second kappa shape index (κ2) is 5.92. The Labute approximate surface area is 120 Å². The van der Waals surface area contributed by atoms with Crippen molar-refractivity contribution in [3.05, 3.63) is 48.0 Å². The van der Waals surface area contributed by atoms with Crippen molar-refractivity contribution in [2.75, 3.05) is 26.8 Å². The molecule has 3 rings (SSSR count). The van der Waals surface area contributed by atoms with Crippen LogP contribution in [0.3, 0.4) is 0 Å². The van der Waals surface area contributed by atoms with E-state index in [1.54, 1.807) is 0 Å². The first kappa shape index (κ1) is 13.6. The van der Waals surface area contributed by atoms with Crippen LogP contribution in [0.1, 0.15) is 18.0 Å². The van der Waals surface area contributed by atoms with Gasteiger partial charge in [0.15, 0.2) is 0 Å². The largest absolute Gasteiger partial charge is 0.380 e. The lowest BCUT2D eigenvalue weighted by atomic mass is 10.0. The van der Waals surface area contributed by atoms with Gasteiger partial charge in [-0.15, -0.1) is 0 Å². The Balaban J connectivity index is 1.72. The molecule has 0 aliphatic carbocycles. The number of nitrogens with two attached hydrogens (primary N) is 1. The lowest BCUT2D eigenvalue weighted by molar-refractivity contribution is 0.156. The standard InChI is InChI=1S/C17H22N2O/c1-19(16-8-9-20-12-16)11-17(18)15-7-6-13-4-2-3-5-14(13)10-15/h2-7,10,16-17H,8-9,11-12,18H2,1H3. The molecule has 2 N–H and O–H groups in total. The van der Waals surface area contributed by atoms with E-state index >= 15 is 0 Å². The normalized spacial score (nSPS) is 20.6. The van der Waals surface area contributed by atoms with E-state index in [9.17, 15) is 0 Å². The van der Waals surface area contributed by atoms with Crippen molar-refractivity contribution in [1.29, 1.82) is 0 Å². The van der Waals surface area contributed by atoms with Gasteiger partial charge in [-0.2, -0.15) is 0 Å². The molecule has 1 saturated heterocycles. The van der Waals surface area contributed by atoms with Crippen LogP contribution in [0.15, 0.2) is 42.5 Å². The van der Waals surface area contributed by atoms with Crippen molar-refractivity contribution >= 4 is 10.8 Å². The van der Waals surface area contributed by atoms with Gasteiger partial charge in [-0.05, 0) is 35.9 Å². The lowest BCUT2D eigenvalue weighted by Gasteiger charge is -2.26. The van der Waals surface area contributed by atoms with Gasteiger partial charge in [0.1, 0.15) is 0 Å². The third kappa shape index (κ3) is 2.85. The fourth-order valence-electron chi connectivity index (χ4n) is 2.87. The molecule has 0 spiro atoms. The minimum atomic E-state index is 0.0465. The third-order valence-electron chi connectivity index (χ3n) is 4.22. The van der Waals surface area contributed by atoms with E-state index in [2.05, 4.69) is 54.4 Å². The molecule has 2 atom stereocenters. The van der Waals surface area contributed by atoms with Crippen LogP contribution in [0.2, 0.25) is 0 Å². The summed E-state index contributed by atoms with van der Waals surface area (Å²) in [7, 11) is 2.14. The second-order valence-electron chi connectivity index (χ2n) is 5.67. The average molecular weight is 270 g/mol. The topological polar surface area (TPSA) is 38.5 Å². The number of benzene rings is 2. The summed E-state index contributed by atoms with van der Waals surface area (Å²) >= 11 is 0. The Morgan fingerprint density at radius 1 is 1.25 bits per heavy atom. The number of fused-ring (bicyclic) bond motifs is 1. The minimum Gasteiger partial charge on any atom is -0.380 e. The summed E-state index contributed by atoms with van der Waals surface area (Å²) < 4.78 is 5.44. The maximum Gasteiger partial charge on any atom is 0.0622 e. The third-order valence-corrected chi connectivity index (χ3v) is 4.22. The zero-order valence-corrected chi connectivity index (χ0v) is 12.0. The van der Waals surface area contributed by atoms with Gasteiger partial charge < -0.3 is 10.5 Å². The Kier molecular flexibility index (Phi) is 4.01. The summed E-state index contributed by atoms with van der Waals surface area (Å²) in [4.78, 5) is 2.33. The first-order chi connectivity index (χ1) is 9.74. The van der Waals surface area contributed by atoms with Crippen molar-refractivity contribution in [3.8, 4) is 0 Å². The fourth-order valence-corrected chi connectivity index (χ4v) is 2.87. The SMILES string of the molecule is CN(CC(N)c1ccc2ccccc2c1)C1CCOC1. The predicted molar refractivity (Wildman–Crippen MR) is 82.7 cm³/mol. The molecule has 1 heterocycles. The molecule has 0 radical (unpaired) electrons. The number of hydrogen-bond acceptors (Lipinski definition) is 3. The quantitative estimate of drug-likeness (QED) is 0.928. The van der Waals surface area contributed by atoms with Crippen LogP contribution in [0.5, 0.6) is 0 Å². The van der Waals surface area contributed by atoms with Gasteiger partial charge in [-0.25, -0.2) is 0 Å². The minimum absolute atomic E-state index is 0.0465. The molecule has 0 saturated carbocycles. The molecule has 2 aromatic carbocycles. The van der Waals surface area contributed by atoms with Gasteiger partial charge in [0.25, 0.3) is 0 Å². The van der Waals surface area contributed by atoms with Gasteiger partial charge in [-0.3, -0.25) is 4.90 Å². The Morgan fingerprint density at radius 2 is 2.05 bits per heavy atom. The molecule has 3 nitrogen and oxygen atoms in total. The van der Waals surface area contributed by atoms with E-state index in [1.807, 2.05) is 0 Å². The van der Waals surface area contributed by atoms with E-state index in [0.29, 0.717) is 6.04 Å². The zero-order chi connectivity index (χ0) is 13.9. The summed E-state index contributed by atoms with van der Waals surface area (Å²) in [6.07, 6.45) is 1.11. The number of nitrogens with zero attached hydrogens (tertiary/aromatic N) is 1. The van der Waals surface area contributed by atoms with Gasteiger partial charge in [0.05, 0.1) is 6.61 Å². The van der Waals surface area contributed by atoms with Crippen molar-refractivity contribution in [1.82, 2.24) is 4.90 Å². The molecule has 0 amide bonds. The van der Waals surface area contributed by atoms with E-state index in [1.165, 1.54) is 16.3 Å². The smallest absolute Gasteiger partial charge is 0.0622 e. The molecular weight excluding hydrogens is 248 g/mol. The van der Waals surface area contributed by atoms with Crippen molar-refractivity contribution in [2.24, 2.45) is 5.73 Å². The molecule has 3 heteroatoms. The van der Waals surface area contributed by atoms with Crippen LogP contribution < -0.4 is 5.73 Å². The van der Waals surface area contributed by atoms with Crippen LogP contribution in [-0.2, 0) is 4.74 Å². The summed E-state index contributed by atoms with van der Waals surface area (Å²) in [5.41, 5.74) is 7.58. The van der Waals surface area contributed by atoms with Crippen molar-refractivity contribution in [3.63, 3.8) is 0 Å². The summed E-state index contributed by atoms with van der Waals surface area (Å²) in [5, 5.41) is 2.52. The number of hydrogen-bond donors (Lipinski definition) is 1. The fraction of sp³-hybridized carbons (Fsp3) is 0.412. The first-order valence-corrected chi connectivity index (χ1v) is 7.26. The molecule has 20 heavy (non-hydrogen) atoms. The summed E-state index contributed by atoms with van der Waals surface area (Å²) in [6, 6.07) is 15.5. The first-order valence-electron chi connectivity index (χ1n) is 7.26. The number of likely N-dealkylation sites (N-methyl/N-ethyl adjacent to an activating group) is 1. The Bertz CT molecular complexity index is 578. The van der Waals surface area contributed by atoms with Crippen molar-refractivity contribution in [2.45, 2.75) is 18.5 Å². The molecule has 1 fully saturated rings. The molecular formula is C17H22N2O. The molecule has 1 aliphatic heterocycles. The summed E-state index contributed by atoms with van der Waals surface area (Å²) in [6.45, 7) is 2.58. The van der Waals surface area contributed by atoms with Crippen LogP contribution in [-0.4, -0.2) is 37.7 Å². The van der Waals surface area contributed by atoms with Gasteiger partial charge in [0.2, 0.25) is 0 Å². The molecule has 2 aromatic rings. The second-order valence-corrected chi connectivity index (χ2v) is 5.67. The van der Waals surface area contributed by atoms with Crippen LogP contribution in [0, 0.1) is 0 Å². The highest BCUT2D eigenvalue weighted by atomic mass is 16.5. The lowest BCUT2D eigenvalue weighted by Crippen LogP contribution is -2.37. The maximum atomic E-state index is 6.37. The average Bonchev–Trinajstić information content (AvgIpc) is 3.01. The number of rotatable bonds is 4. The van der Waals surface area contributed by atoms with Crippen molar-refractivity contribution < 1.29 is 4.74 Å². The number of ether oxygens (including phenoxy) is 1. The molecule has 106 valence electrons. The molecule has 1 aliphatic rings. The highest BCUT2D eigenvalue weighted by molar-refractivity contribution is 5.83. The summed E-state index contributed by atoms with van der Waals surface area (Å²) in [5.74, 6) is 0. The van der Waals surface area contributed by atoms with Crippen LogP contribution >= 0.6 is 0 Å². The molecule has 0 aromatic heterocycles. The van der Waals surface area contributed by atoms with Gasteiger partial charge >= 0.3 is 0 Å². The van der Waals surface area contributed by atoms with Crippen LogP contribution in [0.4, 0.5) is 0 Å². The maximum absolute atomic E-state index is 6.37. The Morgan fingerprint density at radius 3 is 2.80 bits per heavy atom. The van der Waals surface area contributed by atoms with Gasteiger partial charge in [0, 0.05) is 25.2 Å². The van der Waals surface area contributed by atoms with E-state index in [-0.39, 0.29) is 6.04 Å². The molecule has 0 bridgehead atoms. The van der Waals surface area contributed by atoms with E-state index < -0.39 is 0 Å². The van der Waals surface area contributed by atoms with Gasteiger partial charge in [-0.1, -0.05) is 36.4 Å². The predicted octanol–water partition coefficient (Wildman–Crippen LogP) is 2.56. The monoisotopic (exact) mass is 270 g/mol. The van der Waals surface area contributed by atoms with E-state index in [0.717, 1.165) is 26.2 Å². The van der Waals surface area contributed by atoms with E-state index in [4.69, 9.17) is 10.5 Å². The zero-order valence-electron chi connectivity index (χ0n) is 12.0. The molecule has 2 unspecified atom stereocenters. The highest BCUT2D eigenvalue weighted by Gasteiger charge is 2.22. The highest BCUT2D eigenvalue weighted by Crippen LogP contribution is 2.21. The Hall–Kier alpha value is -1.42.